The lowest BCUT2D eigenvalue weighted by Crippen LogP contribution is -2.01. The molecule has 1 aromatic carbocycles. The van der Waals surface area contributed by atoms with E-state index >= 15 is 0 Å². The van der Waals surface area contributed by atoms with Gasteiger partial charge in [0.2, 0.25) is 0 Å². The van der Waals surface area contributed by atoms with E-state index in [0.29, 0.717) is 0 Å². The van der Waals surface area contributed by atoms with Gasteiger partial charge in [-0.3, -0.25) is 14.9 Å². The van der Waals surface area contributed by atoms with Crippen molar-refractivity contribution in [2.45, 2.75) is 6.85 Å². The molecule has 0 saturated heterocycles. The number of nitro groups is 1. The highest BCUT2D eigenvalue weighted by atomic mass is 16.6. The molecule has 0 atom stereocenters. The average molecular weight is 185 g/mol. The second kappa shape index (κ2) is 3.66. The Kier molecular flexibility index (Phi) is 1.60. The van der Waals surface area contributed by atoms with Crippen LogP contribution in [-0.4, -0.2) is 10.9 Å². The Bertz CT molecular complexity index is 412. The van der Waals surface area contributed by atoms with E-state index in [0.717, 1.165) is 24.3 Å². The molecule has 0 bridgehead atoms. The summed E-state index contributed by atoms with van der Waals surface area (Å²) in [5.41, 5.74) is -0.173. The van der Waals surface area contributed by atoms with E-state index in [-0.39, 0.29) is 11.4 Å². The number of hydrogen-bond donors (Lipinski definition) is 0. The molecule has 13 heavy (non-hydrogen) atoms. The van der Waals surface area contributed by atoms with Crippen molar-refractivity contribution in [3.63, 3.8) is 0 Å². The number of esters is 1. The molecule has 5 nitrogen and oxygen atoms in total. The maximum absolute atomic E-state index is 10.9. The highest BCUT2D eigenvalue weighted by Crippen LogP contribution is 2.17. The fourth-order valence-corrected chi connectivity index (χ4v) is 0.743. The SMILES string of the molecule is [2H]C([2H])([2H])[13C](=O)Oc1ccc([N+](=O)[O-])cc1. The van der Waals surface area contributed by atoms with Crippen molar-refractivity contribution < 1.29 is 18.6 Å². The van der Waals surface area contributed by atoms with Crippen LogP contribution in [0.1, 0.15) is 11.0 Å². The predicted molar refractivity (Wildman–Crippen MR) is 44.4 cm³/mol. The minimum absolute atomic E-state index is 0.0493. The number of carbonyl (C=O) groups is 1. The summed E-state index contributed by atoms with van der Waals surface area (Å²) in [4.78, 5) is 20.6. The fraction of sp³-hybridized carbons (Fsp3) is 0.125. The van der Waals surface area contributed by atoms with Crippen LogP contribution in [0.4, 0.5) is 5.69 Å². The molecule has 0 saturated carbocycles. The zero-order valence-corrected chi connectivity index (χ0v) is 6.39. The van der Waals surface area contributed by atoms with Crippen LogP contribution < -0.4 is 4.74 Å². The molecule has 0 aromatic heterocycles. The van der Waals surface area contributed by atoms with E-state index in [4.69, 9.17) is 4.11 Å². The van der Waals surface area contributed by atoms with Gasteiger partial charge in [-0.05, 0) is 12.1 Å². The summed E-state index contributed by atoms with van der Waals surface area (Å²) in [6.07, 6.45) is 0. The molecule has 0 aliphatic rings. The highest BCUT2D eigenvalue weighted by molar-refractivity contribution is 5.69. The summed E-state index contributed by atoms with van der Waals surface area (Å²) < 4.78 is 24.7. The van der Waals surface area contributed by atoms with Crippen molar-refractivity contribution >= 4 is 11.7 Å². The standard InChI is InChI=1S/C8H7NO4/c1-6(10)13-8-4-2-7(3-5-8)9(11)12/h2-5H,1H3/i1D3,6+1. The first kappa shape index (κ1) is 5.69. The molecule has 1 rings (SSSR count). The van der Waals surface area contributed by atoms with Crippen LogP contribution in [0.25, 0.3) is 0 Å². The first-order valence-electron chi connectivity index (χ1n) is 4.77. The minimum Gasteiger partial charge on any atom is -0.427 e. The van der Waals surface area contributed by atoms with Crippen LogP contribution in [0, 0.1) is 10.1 Å². The van der Waals surface area contributed by atoms with Crippen molar-refractivity contribution in [2.24, 2.45) is 0 Å². The summed E-state index contributed by atoms with van der Waals surface area (Å²) in [7, 11) is 0. The Morgan fingerprint density at radius 3 is 2.62 bits per heavy atom. The van der Waals surface area contributed by atoms with E-state index in [1.54, 1.807) is 0 Å². The summed E-state index contributed by atoms with van der Waals surface area (Å²) in [6, 6.07) is 4.54. The summed E-state index contributed by atoms with van der Waals surface area (Å²) in [5, 5.41) is 10.3. The van der Waals surface area contributed by atoms with Gasteiger partial charge < -0.3 is 4.74 Å². The number of benzene rings is 1. The maximum Gasteiger partial charge on any atom is 0.308 e. The van der Waals surface area contributed by atoms with Gasteiger partial charge in [0.25, 0.3) is 5.69 Å². The second-order valence-electron chi connectivity index (χ2n) is 2.14. The number of non-ortho nitro benzene ring substituents is 1. The van der Waals surface area contributed by atoms with E-state index in [1.165, 1.54) is 0 Å². The Hall–Kier alpha value is -1.91. The summed E-state index contributed by atoms with van der Waals surface area (Å²) in [5.74, 6) is -1.42. The molecule has 0 spiro atoms. The van der Waals surface area contributed by atoms with Crippen LogP contribution in [0.2, 0.25) is 0 Å². The van der Waals surface area contributed by atoms with Gasteiger partial charge in [0.1, 0.15) is 5.75 Å². The largest absolute Gasteiger partial charge is 0.427 e. The Morgan fingerprint density at radius 2 is 2.15 bits per heavy atom. The van der Waals surface area contributed by atoms with E-state index < -0.39 is 17.7 Å². The molecule has 0 amide bonds. The molecule has 5 heteroatoms. The van der Waals surface area contributed by atoms with Gasteiger partial charge in [-0.15, -0.1) is 0 Å². The van der Waals surface area contributed by atoms with Gasteiger partial charge in [-0.1, -0.05) is 0 Å². The smallest absolute Gasteiger partial charge is 0.308 e. The third-order valence-electron chi connectivity index (χ3n) is 1.26. The van der Waals surface area contributed by atoms with Crippen molar-refractivity contribution in [3.05, 3.63) is 34.4 Å². The van der Waals surface area contributed by atoms with Crippen LogP contribution in [-0.2, 0) is 4.79 Å². The summed E-state index contributed by atoms with van der Waals surface area (Å²) in [6.45, 7) is -2.85. The van der Waals surface area contributed by atoms with Crippen LogP contribution in [0.3, 0.4) is 0 Å². The molecular weight excluding hydrogens is 175 g/mol. The van der Waals surface area contributed by atoms with Crippen LogP contribution in [0.5, 0.6) is 5.75 Å². The molecular formula is C8H7NO4. The van der Waals surface area contributed by atoms with E-state index in [2.05, 4.69) is 4.74 Å². The number of ether oxygens (including phenoxy) is 1. The maximum atomic E-state index is 10.9. The number of nitro benzene ring substituents is 1. The number of rotatable bonds is 2. The molecule has 0 N–H and O–H groups in total. The van der Waals surface area contributed by atoms with E-state index in [1.807, 2.05) is 0 Å². The van der Waals surface area contributed by atoms with Gasteiger partial charge in [0, 0.05) is 23.1 Å². The molecule has 0 radical (unpaired) electrons. The first-order chi connectivity index (χ1) is 7.30. The average Bonchev–Trinajstić information content (AvgIpc) is 2.17. The topological polar surface area (TPSA) is 69.4 Å². The Labute approximate surface area is 78.3 Å². The Balaban J connectivity index is 2.77. The zero-order valence-electron chi connectivity index (χ0n) is 9.39. The van der Waals surface area contributed by atoms with Crippen LogP contribution in [0.15, 0.2) is 24.3 Å². The Morgan fingerprint density at radius 1 is 1.54 bits per heavy atom. The lowest BCUT2D eigenvalue weighted by molar-refractivity contribution is -0.384. The number of carbonyl (C=O) groups excluding carboxylic acids is 1. The lowest BCUT2D eigenvalue weighted by Gasteiger charge is -1.98. The van der Waals surface area contributed by atoms with Gasteiger partial charge in [-0.25, -0.2) is 0 Å². The fourth-order valence-electron chi connectivity index (χ4n) is 0.743. The third-order valence-corrected chi connectivity index (χ3v) is 1.26. The van der Waals surface area contributed by atoms with Crippen LogP contribution >= 0.6 is 0 Å². The van der Waals surface area contributed by atoms with Gasteiger partial charge in [0.05, 0.1) is 4.92 Å². The van der Waals surface area contributed by atoms with Crippen molar-refractivity contribution in [1.29, 1.82) is 0 Å². The minimum atomic E-state index is -2.85. The third kappa shape index (κ3) is 2.55. The number of hydrogen-bond acceptors (Lipinski definition) is 4. The van der Waals surface area contributed by atoms with Gasteiger partial charge >= 0.3 is 5.97 Å². The number of nitrogens with zero attached hydrogens (tertiary/aromatic N) is 1. The molecule has 0 unspecified atom stereocenters. The molecule has 0 fully saturated rings. The highest BCUT2D eigenvalue weighted by Gasteiger charge is 2.04. The molecule has 0 aliphatic heterocycles. The van der Waals surface area contributed by atoms with Crippen molar-refractivity contribution in [3.8, 4) is 5.75 Å². The molecule has 1 aromatic rings. The lowest BCUT2D eigenvalue weighted by atomic mass is 10.3. The van der Waals surface area contributed by atoms with Gasteiger partial charge in [-0.2, -0.15) is 0 Å². The first-order valence-corrected chi connectivity index (χ1v) is 3.27. The van der Waals surface area contributed by atoms with E-state index in [9.17, 15) is 14.9 Å². The molecule has 68 valence electrons. The monoisotopic (exact) mass is 185 g/mol. The zero-order chi connectivity index (χ0) is 12.3. The van der Waals surface area contributed by atoms with Crippen molar-refractivity contribution in [2.75, 3.05) is 0 Å². The second-order valence-corrected chi connectivity index (χ2v) is 2.14. The molecule has 0 heterocycles. The predicted octanol–water partition coefficient (Wildman–Crippen LogP) is 1.52. The molecule has 0 aliphatic carbocycles. The normalized spacial score (nSPS) is 13.7. The van der Waals surface area contributed by atoms with Crippen molar-refractivity contribution in [1.82, 2.24) is 0 Å². The summed E-state index contributed by atoms with van der Waals surface area (Å²) >= 11 is 0. The van der Waals surface area contributed by atoms with Gasteiger partial charge in [0.15, 0.2) is 0 Å². The quantitative estimate of drug-likeness (QED) is 0.230.